The number of hydrogen-bond donors (Lipinski definition) is 0. The molecule has 54 heavy (non-hydrogen) atoms. The summed E-state index contributed by atoms with van der Waals surface area (Å²) in [5.41, 5.74) is 12.8. The van der Waals surface area contributed by atoms with Crippen molar-refractivity contribution >= 4 is 70.5 Å². The first kappa shape index (κ1) is 29.9. The van der Waals surface area contributed by atoms with Crippen LogP contribution in [0.25, 0.3) is 53.2 Å². The normalized spacial score (nSPS) is 15.4. The van der Waals surface area contributed by atoms with Crippen molar-refractivity contribution in [1.29, 1.82) is 0 Å². The van der Waals surface area contributed by atoms with Crippen molar-refractivity contribution in [3.8, 4) is 22.6 Å². The lowest BCUT2D eigenvalue weighted by atomic mass is 9.66. The second-order valence-electron chi connectivity index (χ2n) is 14.4. The second kappa shape index (κ2) is 11.0. The van der Waals surface area contributed by atoms with Crippen molar-refractivity contribution in [2.24, 2.45) is 0 Å². The summed E-state index contributed by atoms with van der Waals surface area (Å²) in [6.45, 7) is 2.19. The molecule has 1 unspecified atom stereocenters. The molecular formula is C50H31NO2S. The number of fused-ring (bicyclic) bond motifs is 16. The van der Waals surface area contributed by atoms with Crippen molar-refractivity contribution in [2.45, 2.75) is 12.3 Å². The van der Waals surface area contributed by atoms with E-state index in [-0.39, 0.29) is 0 Å². The van der Waals surface area contributed by atoms with Crippen LogP contribution in [0.1, 0.15) is 27.8 Å². The number of thiophene rings is 1. The Balaban J connectivity index is 1.19. The van der Waals surface area contributed by atoms with Crippen molar-refractivity contribution in [1.82, 2.24) is 0 Å². The van der Waals surface area contributed by atoms with Gasteiger partial charge in [0.05, 0.1) is 11.1 Å². The largest absolute Gasteiger partial charge is 0.456 e. The molecule has 0 saturated carbocycles. The molecule has 10 aromatic rings. The third-order valence-corrected chi connectivity index (χ3v) is 12.8. The van der Waals surface area contributed by atoms with Gasteiger partial charge in [0.15, 0.2) is 5.58 Å². The first-order valence-corrected chi connectivity index (χ1v) is 19.2. The van der Waals surface area contributed by atoms with Gasteiger partial charge in [0.1, 0.15) is 17.1 Å². The van der Waals surface area contributed by atoms with E-state index in [1.54, 1.807) is 0 Å². The number of ether oxygens (including phenoxy) is 1. The Labute approximate surface area is 315 Å². The molecule has 1 aliphatic heterocycles. The first-order valence-electron chi connectivity index (χ1n) is 18.4. The standard InChI is InChI=1S/C50H31NO2S/c1-30-13-2-8-20-41(30)51(42-21-12-17-35-34-15-4-9-22-43(34)52-48(35)42)31-25-26-33-32-14-3-6-18-37(32)50(40(33)29-31)38-19-7-10-23-44(38)53-49-39(50)27-28-46-47(49)36-16-5-11-24-45(36)54-46/h2-29H,1H3. The minimum Gasteiger partial charge on any atom is -0.456 e. The Hall–Kier alpha value is -6.62. The summed E-state index contributed by atoms with van der Waals surface area (Å²) in [6.07, 6.45) is 0. The molecule has 2 aromatic heterocycles. The zero-order chi connectivity index (χ0) is 35.5. The van der Waals surface area contributed by atoms with E-state index in [2.05, 4.69) is 176 Å². The molecule has 1 spiro atoms. The summed E-state index contributed by atoms with van der Waals surface area (Å²) >= 11 is 1.83. The average molecular weight is 710 g/mol. The third-order valence-electron chi connectivity index (χ3n) is 11.7. The minimum absolute atomic E-state index is 0.619. The van der Waals surface area contributed by atoms with Crippen LogP contribution < -0.4 is 9.64 Å². The molecule has 0 saturated heterocycles. The smallest absolute Gasteiger partial charge is 0.159 e. The zero-order valence-electron chi connectivity index (χ0n) is 29.3. The van der Waals surface area contributed by atoms with E-state index < -0.39 is 5.41 Å². The predicted octanol–water partition coefficient (Wildman–Crippen LogP) is 14.2. The number of rotatable bonds is 3. The highest BCUT2D eigenvalue weighted by atomic mass is 32.1. The fourth-order valence-corrected chi connectivity index (χ4v) is 10.5. The fourth-order valence-electron chi connectivity index (χ4n) is 9.42. The SMILES string of the molecule is Cc1ccccc1N(c1ccc2c(c1)C1(c3ccccc3Oc3c1ccc1sc4ccccc4c31)c1ccccc1-2)c1cccc2c1oc1ccccc12. The summed E-state index contributed by atoms with van der Waals surface area (Å²) in [5, 5.41) is 4.63. The maximum atomic E-state index is 7.07. The number of hydrogen-bond acceptors (Lipinski definition) is 4. The van der Waals surface area contributed by atoms with Gasteiger partial charge in [-0.25, -0.2) is 0 Å². The van der Waals surface area contributed by atoms with E-state index in [4.69, 9.17) is 9.15 Å². The summed E-state index contributed by atoms with van der Waals surface area (Å²) in [6, 6.07) is 61.5. The van der Waals surface area contributed by atoms with E-state index >= 15 is 0 Å². The lowest BCUT2D eigenvalue weighted by molar-refractivity contribution is 0.442. The second-order valence-corrected chi connectivity index (χ2v) is 15.5. The number of furan rings is 1. The van der Waals surface area contributed by atoms with Gasteiger partial charge in [-0.05, 0) is 83.3 Å². The van der Waals surface area contributed by atoms with Crippen LogP contribution in [0, 0.1) is 6.92 Å². The number of benzene rings is 8. The van der Waals surface area contributed by atoms with Gasteiger partial charge in [0, 0.05) is 53.4 Å². The Morgan fingerprint density at radius 2 is 1.24 bits per heavy atom. The number of anilines is 3. The van der Waals surface area contributed by atoms with Crippen LogP contribution in [0.15, 0.2) is 174 Å². The van der Waals surface area contributed by atoms with Gasteiger partial charge in [-0.15, -0.1) is 11.3 Å². The van der Waals surface area contributed by atoms with E-state index in [0.29, 0.717) is 0 Å². The summed E-state index contributed by atoms with van der Waals surface area (Å²) in [5.74, 6) is 1.84. The van der Waals surface area contributed by atoms with Crippen LogP contribution in [0.4, 0.5) is 17.1 Å². The molecule has 0 bridgehead atoms. The molecule has 4 heteroatoms. The summed E-state index contributed by atoms with van der Waals surface area (Å²) < 4.78 is 16.3. The van der Waals surface area contributed by atoms with Crippen LogP contribution in [0.5, 0.6) is 11.5 Å². The zero-order valence-corrected chi connectivity index (χ0v) is 30.2. The van der Waals surface area contributed by atoms with E-state index in [0.717, 1.165) is 56.1 Å². The molecule has 3 heterocycles. The van der Waals surface area contributed by atoms with Crippen molar-refractivity contribution in [3.05, 3.63) is 198 Å². The lowest BCUT2D eigenvalue weighted by Gasteiger charge is -2.40. The van der Waals surface area contributed by atoms with Crippen LogP contribution >= 0.6 is 11.3 Å². The van der Waals surface area contributed by atoms with Gasteiger partial charge in [-0.1, -0.05) is 121 Å². The molecular weight excluding hydrogens is 679 g/mol. The van der Waals surface area contributed by atoms with Gasteiger partial charge >= 0.3 is 0 Å². The van der Waals surface area contributed by atoms with Crippen LogP contribution in [-0.4, -0.2) is 0 Å². The molecule has 0 N–H and O–H groups in total. The molecule has 12 rings (SSSR count). The highest BCUT2D eigenvalue weighted by Crippen LogP contribution is 2.64. The number of nitrogens with zero attached hydrogens (tertiary/aromatic N) is 1. The molecule has 3 nitrogen and oxygen atoms in total. The molecule has 1 atom stereocenters. The average Bonchev–Trinajstić information content (AvgIpc) is 3.88. The van der Waals surface area contributed by atoms with Crippen LogP contribution in [-0.2, 0) is 5.41 Å². The van der Waals surface area contributed by atoms with E-state index in [1.807, 2.05) is 17.4 Å². The Morgan fingerprint density at radius 1 is 0.519 bits per heavy atom. The number of para-hydroxylation sites is 4. The Bertz CT molecular complexity index is 3190. The number of aryl methyl sites for hydroxylation is 1. The molecule has 254 valence electrons. The maximum Gasteiger partial charge on any atom is 0.159 e. The van der Waals surface area contributed by atoms with Crippen molar-refractivity contribution in [3.63, 3.8) is 0 Å². The Kier molecular flexibility index (Phi) is 6.07. The van der Waals surface area contributed by atoms with Crippen LogP contribution in [0.2, 0.25) is 0 Å². The van der Waals surface area contributed by atoms with Gasteiger partial charge in [-0.2, -0.15) is 0 Å². The molecule has 0 fully saturated rings. The molecule has 8 aromatic carbocycles. The Morgan fingerprint density at radius 3 is 2.17 bits per heavy atom. The first-order chi connectivity index (χ1) is 26.7. The van der Waals surface area contributed by atoms with Crippen molar-refractivity contribution in [2.75, 3.05) is 4.90 Å². The lowest BCUT2D eigenvalue weighted by Crippen LogP contribution is -2.32. The van der Waals surface area contributed by atoms with Crippen LogP contribution in [0.3, 0.4) is 0 Å². The predicted molar refractivity (Wildman–Crippen MR) is 223 cm³/mol. The summed E-state index contributed by atoms with van der Waals surface area (Å²) in [7, 11) is 0. The minimum atomic E-state index is -0.619. The van der Waals surface area contributed by atoms with Gasteiger partial charge in [0.2, 0.25) is 0 Å². The summed E-state index contributed by atoms with van der Waals surface area (Å²) in [4.78, 5) is 2.39. The molecule has 0 amide bonds. The highest BCUT2D eigenvalue weighted by Gasteiger charge is 2.51. The highest BCUT2D eigenvalue weighted by molar-refractivity contribution is 7.25. The van der Waals surface area contributed by atoms with Gasteiger partial charge < -0.3 is 14.1 Å². The third kappa shape index (κ3) is 3.85. The van der Waals surface area contributed by atoms with Gasteiger partial charge in [-0.3, -0.25) is 0 Å². The van der Waals surface area contributed by atoms with E-state index in [9.17, 15) is 0 Å². The van der Waals surface area contributed by atoms with E-state index in [1.165, 1.54) is 53.6 Å². The maximum absolute atomic E-state index is 7.07. The molecule has 0 radical (unpaired) electrons. The molecule has 1 aliphatic carbocycles. The quantitative estimate of drug-likeness (QED) is 0.183. The van der Waals surface area contributed by atoms with Crippen molar-refractivity contribution < 1.29 is 9.15 Å². The topological polar surface area (TPSA) is 25.6 Å². The fraction of sp³-hybridized carbons (Fsp3) is 0.0400. The monoisotopic (exact) mass is 709 g/mol. The molecule has 2 aliphatic rings. The van der Waals surface area contributed by atoms with Gasteiger partial charge in [0.25, 0.3) is 0 Å².